The molecule has 2 N–H and O–H groups in total. The van der Waals surface area contributed by atoms with Crippen LogP contribution < -0.4 is 5.73 Å². The standard InChI is InChI=1S/C8H11FN2/c1-8(2,10)6-3-7(9)5-11-4-6/h3-5H,10H2,1-2H3. The number of nitrogens with two attached hydrogens (primary N) is 1. The van der Waals surface area contributed by atoms with E-state index in [9.17, 15) is 4.39 Å². The highest BCUT2D eigenvalue weighted by Gasteiger charge is 2.14. The molecule has 60 valence electrons. The van der Waals surface area contributed by atoms with E-state index >= 15 is 0 Å². The number of pyridine rings is 1. The zero-order chi connectivity index (χ0) is 8.48. The van der Waals surface area contributed by atoms with Crippen molar-refractivity contribution in [1.29, 1.82) is 0 Å². The monoisotopic (exact) mass is 154 g/mol. The van der Waals surface area contributed by atoms with E-state index in [2.05, 4.69) is 4.98 Å². The molecule has 0 aromatic carbocycles. The Labute approximate surface area is 65.3 Å². The molecule has 3 heteroatoms. The Balaban J connectivity index is 3.06. The van der Waals surface area contributed by atoms with Gasteiger partial charge in [0.05, 0.1) is 6.20 Å². The summed E-state index contributed by atoms with van der Waals surface area (Å²) in [6, 6.07) is 1.40. The van der Waals surface area contributed by atoms with Crippen LogP contribution in [-0.2, 0) is 5.54 Å². The molecule has 1 aromatic rings. The van der Waals surface area contributed by atoms with Crippen LogP contribution in [0.15, 0.2) is 18.5 Å². The van der Waals surface area contributed by atoms with E-state index in [-0.39, 0.29) is 5.82 Å². The van der Waals surface area contributed by atoms with Gasteiger partial charge in [-0.1, -0.05) is 0 Å². The van der Waals surface area contributed by atoms with Crippen molar-refractivity contribution in [3.05, 3.63) is 29.8 Å². The molecule has 0 saturated carbocycles. The van der Waals surface area contributed by atoms with Crippen LogP contribution in [0.1, 0.15) is 19.4 Å². The van der Waals surface area contributed by atoms with Gasteiger partial charge in [-0.05, 0) is 25.5 Å². The van der Waals surface area contributed by atoms with Crippen LogP contribution in [0, 0.1) is 5.82 Å². The van der Waals surface area contributed by atoms with Gasteiger partial charge in [-0.25, -0.2) is 4.39 Å². The maximum atomic E-state index is 12.6. The van der Waals surface area contributed by atoms with Crippen LogP contribution in [0.5, 0.6) is 0 Å². The lowest BCUT2D eigenvalue weighted by molar-refractivity contribution is 0.539. The maximum absolute atomic E-state index is 12.6. The number of hydrogen-bond donors (Lipinski definition) is 1. The highest BCUT2D eigenvalue weighted by Crippen LogP contribution is 2.15. The average Bonchev–Trinajstić information content (AvgIpc) is 1.86. The van der Waals surface area contributed by atoms with Gasteiger partial charge in [-0.3, -0.25) is 4.98 Å². The Hall–Kier alpha value is -0.960. The van der Waals surface area contributed by atoms with Gasteiger partial charge in [0.1, 0.15) is 5.82 Å². The fourth-order valence-electron chi connectivity index (χ4n) is 0.764. The molecule has 0 radical (unpaired) electrons. The molecule has 1 heterocycles. The quantitative estimate of drug-likeness (QED) is 0.664. The highest BCUT2D eigenvalue weighted by atomic mass is 19.1. The molecular weight excluding hydrogens is 143 g/mol. The molecule has 1 rings (SSSR count). The summed E-state index contributed by atoms with van der Waals surface area (Å²) < 4.78 is 12.6. The van der Waals surface area contributed by atoms with Gasteiger partial charge in [0.2, 0.25) is 0 Å². The average molecular weight is 154 g/mol. The summed E-state index contributed by atoms with van der Waals surface area (Å²) in [4.78, 5) is 3.70. The van der Waals surface area contributed by atoms with Crippen molar-refractivity contribution < 1.29 is 4.39 Å². The first-order chi connectivity index (χ1) is 5.00. The number of rotatable bonds is 1. The van der Waals surface area contributed by atoms with E-state index in [1.54, 1.807) is 6.20 Å². The van der Waals surface area contributed by atoms with E-state index in [1.807, 2.05) is 13.8 Å². The predicted molar refractivity (Wildman–Crippen MR) is 41.4 cm³/mol. The molecular formula is C8H11FN2. The summed E-state index contributed by atoms with van der Waals surface area (Å²) in [5.41, 5.74) is 5.91. The maximum Gasteiger partial charge on any atom is 0.141 e. The summed E-state index contributed by atoms with van der Waals surface area (Å²) in [5, 5.41) is 0. The van der Waals surface area contributed by atoms with Gasteiger partial charge in [0.15, 0.2) is 0 Å². The van der Waals surface area contributed by atoms with Crippen molar-refractivity contribution in [3.63, 3.8) is 0 Å². The second-order valence-electron chi connectivity index (χ2n) is 3.11. The third kappa shape index (κ3) is 1.98. The largest absolute Gasteiger partial charge is 0.322 e. The molecule has 0 atom stereocenters. The molecule has 11 heavy (non-hydrogen) atoms. The van der Waals surface area contributed by atoms with Gasteiger partial charge >= 0.3 is 0 Å². The number of aromatic nitrogens is 1. The lowest BCUT2D eigenvalue weighted by Crippen LogP contribution is -2.28. The molecule has 0 aliphatic carbocycles. The molecule has 0 aliphatic rings. The predicted octanol–water partition coefficient (Wildman–Crippen LogP) is 1.41. The molecule has 0 fully saturated rings. The topological polar surface area (TPSA) is 38.9 Å². The lowest BCUT2D eigenvalue weighted by atomic mass is 9.98. The zero-order valence-electron chi connectivity index (χ0n) is 6.63. The normalized spacial score (nSPS) is 11.6. The van der Waals surface area contributed by atoms with Crippen LogP contribution in [0.2, 0.25) is 0 Å². The molecule has 2 nitrogen and oxygen atoms in total. The first kappa shape index (κ1) is 8.14. The molecule has 0 spiro atoms. The Kier molecular flexibility index (Phi) is 1.91. The van der Waals surface area contributed by atoms with E-state index in [0.717, 1.165) is 6.20 Å². The molecule has 0 aliphatic heterocycles. The van der Waals surface area contributed by atoms with Crippen LogP contribution in [0.3, 0.4) is 0 Å². The highest BCUT2D eigenvalue weighted by molar-refractivity contribution is 5.18. The third-order valence-corrected chi connectivity index (χ3v) is 1.45. The minimum Gasteiger partial charge on any atom is -0.322 e. The Bertz CT molecular complexity index is 253. The lowest BCUT2D eigenvalue weighted by Gasteiger charge is -2.17. The number of halogens is 1. The Morgan fingerprint density at radius 1 is 1.45 bits per heavy atom. The van der Waals surface area contributed by atoms with Crippen LogP contribution in [0.25, 0.3) is 0 Å². The summed E-state index contributed by atoms with van der Waals surface area (Å²) in [6.45, 7) is 3.62. The first-order valence-electron chi connectivity index (χ1n) is 3.40. The first-order valence-corrected chi connectivity index (χ1v) is 3.40. The summed E-state index contributed by atoms with van der Waals surface area (Å²) in [6.07, 6.45) is 2.73. The third-order valence-electron chi connectivity index (χ3n) is 1.45. The van der Waals surface area contributed by atoms with E-state index in [0.29, 0.717) is 5.56 Å². The van der Waals surface area contributed by atoms with Crippen molar-refractivity contribution in [2.75, 3.05) is 0 Å². The molecule has 0 amide bonds. The second kappa shape index (κ2) is 2.58. The molecule has 0 bridgehead atoms. The smallest absolute Gasteiger partial charge is 0.141 e. The van der Waals surface area contributed by atoms with E-state index in [1.165, 1.54) is 6.07 Å². The van der Waals surface area contributed by atoms with Gasteiger partial charge in [0, 0.05) is 11.7 Å². The molecule has 1 aromatic heterocycles. The summed E-state index contributed by atoms with van der Waals surface area (Å²) in [5.74, 6) is -0.346. The van der Waals surface area contributed by atoms with Crippen molar-refractivity contribution >= 4 is 0 Å². The van der Waals surface area contributed by atoms with Crippen LogP contribution in [0.4, 0.5) is 4.39 Å². The second-order valence-corrected chi connectivity index (χ2v) is 3.11. The Morgan fingerprint density at radius 3 is 2.45 bits per heavy atom. The zero-order valence-corrected chi connectivity index (χ0v) is 6.63. The number of hydrogen-bond acceptors (Lipinski definition) is 2. The van der Waals surface area contributed by atoms with Crippen molar-refractivity contribution in [1.82, 2.24) is 4.98 Å². The van der Waals surface area contributed by atoms with E-state index in [4.69, 9.17) is 5.73 Å². The fraction of sp³-hybridized carbons (Fsp3) is 0.375. The SMILES string of the molecule is CC(C)(N)c1cncc(F)c1. The minimum atomic E-state index is -0.519. The van der Waals surface area contributed by atoms with E-state index < -0.39 is 5.54 Å². The van der Waals surface area contributed by atoms with Crippen molar-refractivity contribution in [3.8, 4) is 0 Å². The summed E-state index contributed by atoms with van der Waals surface area (Å²) in [7, 11) is 0. The van der Waals surface area contributed by atoms with Gasteiger partial charge < -0.3 is 5.73 Å². The molecule has 0 saturated heterocycles. The van der Waals surface area contributed by atoms with Crippen LogP contribution in [-0.4, -0.2) is 4.98 Å². The van der Waals surface area contributed by atoms with Crippen molar-refractivity contribution in [2.24, 2.45) is 5.73 Å². The van der Waals surface area contributed by atoms with Gasteiger partial charge in [-0.2, -0.15) is 0 Å². The van der Waals surface area contributed by atoms with Gasteiger partial charge in [-0.15, -0.1) is 0 Å². The molecule has 0 unspecified atom stereocenters. The van der Waals surface area contributed by atoms with Crippen molar-refractivity contribution in [2.45, 2.75) is 19.4 Å². The minimum absolute atomic E-state index is 0.346. The van der Waals surface area contributed by atoms with Crippen LogP contribution >= 0.6 is 0 Å². The fourth-order valence-corrected chi connectivity index (χ4v) is 0.764. The number of nitrogens with zero attached hydrogens (tertiary/aromatic N) is 1. The van der Waals surface area contributed by atoms with Gasteiger partial charge in [0.25, 0.3) is 0 Å². The summed E-state index contributed by atoms with van der Waals surface area (Å²) >= 11 is 0. The Morgan fingerprint density at radius 2 is 2.09 bits per heavy atom.